The molecule has 2 atom stereocenters. The highest BCUT2D eigenvalue weighted by Gasteiger charge is 2.29. The lowest BCUT2D eigenvalue weighted by atomic mass is 9.97. The number of urea groups is 1. The molecular formula is C24H38N6O7. The monoisotopic (exact) mass is 522 g/mol. The van der Waals surface area contributed by atoms with E-state index in [0.29, 0.717) is 6.42 Å². The highest BCUT2D eigenvalue weighted by Crippen LogP contribution is 2.08. The zero-order valence-corrected chi connectivity index (χ0v) is 21.7. The minimum atomic E-state index is -1.36. The van der Waals surface area contributed by atoms with Crippen molar-refractivity contribution in [2.45, 2.75) is 65.5 Å². The normalized spacial score (nSPS) is 13.3. The Labute approximate surface area is 217 Å². The molecule has 206 valence electrons. The van der Waals surface area contributed by atoms with Gasteiger partial charge in [-0.05, 0) is 12.8 Å². The number of amides is 7. The average Bonchev–Trinajstić information content (AvgIpc) is 3.17. The van der Waals surface area contributed by atoms with Gasteiger partial charge in [-0.1, -0.05) is 27.7 Å². The van der Waals surface area contributed by atoms with Crippen LogP contribution in [0.25, 0.3) is 0 Å². The topological polar surface area (TPSA) is 211 Å². The largest absolute Gasteiger partial charge is 0.370 e. The van der Waals surface area contributed by atoms with Gasteiger partial charge in [-0.25, -0.2) is 4.79 Å². The van der Waals surface area contributed by atoms with E-state index in [9.17, 15) is 33.6 Å². The quantitative estimate of drug-likeness (QED) is 0.110. The summed E-state index contributed by atoms with van der Waals surface area (Å²) in [5.41, 5.74) is 10.2. The fourth-order valence-electron chi connectivity index (χ4n) is 3.02. The Bertz CT molecular complexity index is 864. The molecule has 0 radical (unpaired) electrons. The molecule has 0 spiro atoms. The van der Waals surface area contributed by atoms with E-state index in [2.05, 4.69) is 28.8 Å². The van der Waals surface area contributed by atoms with Gasteiger partial charge in [-0.15, -0.1) is 12.8 Å². The number of rotatable bonds is 14. The standard InChI is InChI=1S/C20H30N6O7.C2H6.C2H2/c1-11(2)18(31)12(4-3-8-23-20(22)33)25-19(32)13(10-14(21)27)24-15(28)7-9-26-16(29)5-6-17(26)30;2*1-2/h5-6,11-13H,3-4,7-10H2,1-2H3,(H2,21,27)(H,24,28)(H,25,32)(H3,22,23,33);1-2H3;1-2H/t12-,13-;;/m0../s1. The molecule has 0 aromatic rings. The van der Waals surface area contributed by atoms with Gasteiger partial charge in [-0.3, -0.25) is 33.7 Å². The fourth-order valence-corrected chi connectivity index (χ4v) is 3.02. The predicted octanol–water partition coefficient (Wildman–Crippen LogP) is -0.904. The molecule has 0 aliphatic carbocycles. The van der Waals surface area contributed by atoms with Crippen molar-refractivity contribution < 1.29 is 33.6 Å². The molecule has 7 amide bonds. The Hall–Kier alpha value is -4.21. The van der Waals surface area contributed by atoms with Gasteiger partial charge in [0.25, 0.3) is 11.8 Å². The second-order valence-electron chi connectivity index (χ2n) is 7.75. The summed E-state index contributed by atoms with van der Waals surface area (Å²) in [5, 5.41) is 7.26. The third-order valence-corrected chi connectivity index (χ3v) is 4.72. The summed E-state index contributed by atoms with van der Waals surface area (Å²) >= 11 is 0. The summed E-state index contributed by atoms with van der Waals surface area (Å²) in [6.45, 7) is 7.29. The van der Waals surface area contributed by atoms with Crippen LogP contribution in [0.3, 0.4) is 0 Å². The second-order valence-corrected chi connectivity index (χ2v) is 7.75. The molecule has 13 heteroatoms. The van der Waals surface area contributed by atoms with E-state index in [-0.39, 0.29) is 31.7 Å². The van der Waals surface area contributed by atoms with Crippen molar-refractivity contribution in [3.05, 3.63) is 12.2 Å². The first-order valence-corrected chi connectivity index (χ1v) is 11.7. The lowest BCUT2D eigenvalue weighted by molar-refractivity contribution is -0.137. The number of carbonyl (C=O) groups is 7. The van der Waals surface area contributed by atoms with Crippen LogP contribution in [-0.2, 0) is 28.8 Å². The second kappa shape index (κ2) is 19.0. The fraction of sp³-hybridized carbons (Fsp3) is 0.542. The number of primary amides is 2. The summed E-state index contributed by atoms with van der Waals surface area (Å²) in [7, 11) is 0. The predicted molar refractivity (Wildman–Crippen MR) is 136 cm³/mol. The Balaban J connectivity index is 0. The molecule has 0 unspecified atom stereocenters. The Morgan fingerprint density at radius 2 is 1.49 bits per heavy atom. The molecule has 0 fully saturated rings. The number of carbonyl (C=O) groups excluding carboxylic acids is 7. The summed E-state index contributed by atoms with van der Waals surface area (Å²) in [4.78, 5) is 83.7. The number of imide groups is 1. The number of nitrogens with one attached hydrogen (secondary N) is 3. The molecular weight excluding hydrogens is 484 g/mol. The highest BCUT2D eigenvalue weighted by molar-refractivity contribution is 6.13. The van der Waals surface area contributed by atoms with Gasteiger partial charge >= 0.3 is 6.03 Å². The van der Waals surface area contributed by atoms with Crippen molar-refractivity contribution >= 4 is 41.4 Å². The molecule has 0 saturated heterocycles. The van der Waals surface area contributed by atoms with E-state index in [0.717, 1.165) is 17.1 Å². The Morgan fingerprint density at radius 3 is 1.95 bits per heavy atom. The van der Waals surface area contributed by atoms with E-state index < -0.39 is 60.0 Å². The minimum Gasteiger partial charge on any atom is -0.370 e. The van der Waals surface area contributed by atoms with E-state index in [1.165, 1.54) is 0 Å². The summed E-state index contributed by atoms with van der Waals surface area (Å²) < 4.78 is 0. The molecule has 1 aliphatic rings. The number of hydrogen-bond acceptors (Lipinski definition) is 7. The van der Waals surface area contributed by atoms with Crippen molar-refractivity contribution in [2.75, 3.05) is 13.1 Å². The molecule has 37 heavy (non-hydrogen) atoms. The molecule has 1 heterocycles. The number of terminal acetylenes is 1. The van der Waals surface area contributed by atoms with Crippen LogP contribution in [-0.4, -0.2) is 71.4 Å². The van der Waals surface area contributed by atoms with Gasteiger partial charge in [0.15, 0.2) is 5.78 Å². The van der Waals surface area contributed by atoms with Crippen LogP contribution >= 0.6 is 0 Å². The van der Waals surface area contributed by atoms with E-state index >= 15 is 0 Å². The molecule has 0 saturated carbocycles. The van der Waals surface area contributed by atoms with Crippen molar-refractivity contribution in [2.24, 2.45) is 17.4 Å². The van der Waals surface area contributed by atoms with E-state index in [4.69, 9.17) is 11.5 Å². The zero-order chi connectivity index (χ0) is 29.1. The van der Waals surface area contributed by atoms with Crippen LogP contribution in [0, 0.1) is 18.8 Å². The van der Waals surface area contributed by atoms with Crippen molar-refractivity contribution in [3.63, 3.8) is 0 Å². The van der Waals surface area contributed by atoms with E-state index in [1.54, 1.807) is 13.8 Å². The van der Waals surface area contributed by atoms with Crippen LogP contribution in [0.4, 0.5) is 4.79 Å². The van der Waals surface area contributed by atoms with Gasteiger partial charge in [0.2, 0.25) is 17.7 Å². The smallest absolute Gasteiger partial charge is 0.312 e. The molecule has 1 rings (SSSR count). The van der Waals surface area contributed by atoms with Crippen LogP contribution in [0.15, 0.2) is 12.2 Å². The van der Waals surface area contributed by atoms with Gasteiger partial charge in [0, 0.05) is 37.6 Å². The first kappa shape index (κ1) is 35.0. The lowest BCUT2D eigenvalue weighted by Crippen LogP contribution is -2.53. The third kappa shape index (κ3) is 14.1. The maximum absolute atomic E-state index is 12.8. The Kier molecular flexibility index (Phi) is 18.0. The number of nitrogens with zero attached hydrogens (tertiary/aromatic N) is 1. The maximum Gasteiger partial charge on any atom is 0.312 e. The zero-order valence-electron chi connectivity index (χ0n) is 21.7. The molecule has 0 aromatic carbocycles. The SMILES string of the molecule is C#C.CC.CC(C)C(=O)[C@H](CCCNC(N)=O)NC(=O)[C@H](CC(N)=O)NC(=O)CCN1C(=O)C=CC1=O. The van der Waals surface area contributed by atoms with E-state index in [1.807, 2.05) is 13.8 Å². The molecule has 7 N–H and O–H groups in total. The highest BCUT2D eigenvalue weighted by atomic mass is 16.2. The first-order chi connectivity index (χ1) is 17.4. The molecule has 0 bridgehead atoms. The lowest BCUT2D eigenvalue weighted by Gasteiger charge is -2.24. The van der Waals surface area contributed by atoms with Crippen LogP contribution in [0.1, 0.15) is 53.4 Å². The number of ketones is 1. The van der Waals surface area contributed by atoms with Crippen molar-refractivity contribution in [1.82, 2.24) is 20.9 Å². The summed E-state index contributed by atoms with van der Waals surface area (Å²) in [6.07, 6.45) is 9.86. The summed E-state index contributed by atoms with van der Waals surface area (Å²) in [5.74, 6) is -4.14. The molecule has 1 aliphatic heterocycles. The van der Waals surface area contributed by atoms with Crippen LogP contribution < -0.4 is 27.4 Å². The third-order valence-electron chi connectivity index (χ3n) is 4.72. The average molecular weight is 523 g/mol. The summed E-state index contributed by atoms with van der Waals surface area (Å²) in [6, 6.07) is -3.00. The maximum atomic E-state index is 12.8. The minimum absolute atomic E-state index is 0.187. The van der Waals surface area contributed by atoms with Crippen molar-refractivity contribution in [1.29, 1.82) is 0 Å². The number of hydrogen-bond donors (Lipinski definition) is 5. The molecule has 0 aromatic heterocycles. The Morgan fingerprint density at radius 1 is 0.946 bits per heavy atom. The van der Waals surface area contributed by atoms with Gasteiger partial charge in [0.1, 0.15) is 6.04 Å². The van der Waals surface area contributed by atoms with Gasteiger partial charge < -0.3 is 27.4 Å². The molecule has 13 nitrogen and oxygen atoms in total. The van der Waals surface area contributed by atoms with Crippen LogP contribution in [0.5, 0.6) is 0 Å². The first-order valence-electron chi connectivity index (χ1n) is 11.7. The number of nitrogens with two attached hydrogens (primary N) is 2. The van der Waals surface area contributed by atoms with Gasteiger partial charge in [0.05, 0.1) is 12.5 Å². The van der Waals surface area contributed by atoms with Gasteiger partial charge in [-0.2, -0.15) is 0 Å². The van der Waals surface area contributed by atoms with Crippen molar-refractivity contribution in [3.8, 4) is 12.8 Å². The number of Topliss-reactive ketones (excluding diaryl/α,β-unsaturated/α-hetero) is 1. The van der Waals surface area contributed by atoms with Crippen LogP contribution in [0.2, 0.25) is 0 Å².